The van der Waals surface area contributed by atoms with Crippen molar-refractivity contribution in [3.8, 4) is 6.07 Å². The number of nitrogens with zero attached hydrogens (tertiary/aromatic N) is 1. The van der Waals surface area contributed by atoms with Crippen molar-refractivity contribution < 1.29 is 4.79 Å². The average molecular weight is 294 g/mol. The van der Waals surface area contributed by atoms with Crippen LogP contribution in [0.2, 0.25) is 5.02 Å². The van der Waals surface area contributed by atoms with Crippen LogP contribution in [0.1, 0.15) is 32.3 Å². The number of nitrogens with two attached hydrogens (primary N) is 1. The highest BCUT2D eigenvalue weighted by molar-refractivity contribution is 6.33. The van der Waals surface area contributed by atoms with Crippen molar-refractivity contribution >= 4 is 23.2 Å². The van der Waals surface area contributed by atoms with E-state index in [1.165, 1.54) is 6.07 Å². The maximum Gasteiger partial charge on any atom is 0.224 e. The van der Waals surface area contributed by atoms with Crippen molar-refractivity contribution in [1.82, 2.24) is 0 Å². The van der Waals surface area contributed by atoms with E-state index in [1.807, 2.05) is 6.07 Å². The summed E-state index contributed by atoms with van der Waals surface area (Å²) in [7, 11) is 0. The number of halogens is 1. The van der Waals surface area contributed by atoms with Crippen LogP contribution in [-0.2, 0) is 4.79 Å². The van der Waals surface area contributed by atoms with Crippen LogP contribution in [-0.4, -0.2) is 12.5 Å². The second kappa shape index (κ2) is 7.88. The number of carbonyl (C=O) groups is 1. The van der Waals surface area contributed by atoms with Gasteiger partial charge in [0.1, 0.15) is 0 Å². The molecule has 0 aliphatic heterocycles. The van der Waals surface area contributed by atoms with Crippen LogP contribution in [0.3, 0.4) is 0 Å². The zero-order valence-corrected chi connectivity index (χ0v) is 12.6. The van der Waals surface area contributed by atoms with Crippen LogP contribution in [0.5, 0.6) is 0 Å². The molecule has 0 radical (unpaired) electrons. The lowest BCUT2D eigenvalue weighted by molar-refractivity contribution is -0.117. The third kappa shape index (κ3) is 5.20. The first-order chi connectivity index (χ1) is 9.46. The molecule has 1 aromatic carbocycles. The standard InChI is InChI=1S/C15H20ClN3O/c1-10(2)5-12(9-18)7-15(20)19-14-4-3-11(8-17)6-13(14)16/h3-4,6,10,12H,5,7,9,18H2,1-2H3,(H,19,20)/t12-/m0/s1. The molecule has 0 aromatic heterocycles. The molecule has 1 amide bonds. The molecule has 0 unspecified atom stereocenters. The van der Waals surface area contributed by atoms with E-state index < -0.39 is 0 Å². The van der Waals surface area contributed by atoms with Gasteiger partial charge in [-0.3, -0.25) is 4.79 Å². The molecule has 4 nitrogen and oxygen atoms in total. The second-order valence-corrected chi connectivity index (χ2v) is 5.70. The normalized spacial score (nSPS) is 12.0. The fraction of sp³-hybridized carbons (Fsp3) is 0.467. The van der Waals surface area contributed by atoms with Crippen LogP contribution < -0.4 is 11.1 Å². The number of benzene rings is 1. The van der Waals surface area contributed by atoms with Gasteiger partial charge in [-0.15, -0.1) is 0 Å². The summed E-state index contributed by atoms with van der Waals surface area (Å²) in [5.41, 5.74) is 6.68. The fourth-order valence-corrected chi connectivity index (χ4v) is 2.31. The summed E-state index contributed by atoms with van der Waals surface area (Å²) in [6, 6.07) is 6.79. The Labute approximate surface area is 124 Å². The predicted octanol–water partition coefficient (Wildman–Crippen LogP) is 3.16. The first kappa shape index (κ1) is 16.5. The smallest absolute Gasteiger partial charge is 0.224 e. The minimum atomic E-state index is -0.104. The first-order valence-corrected chi connectivity index (χ1v) is 7.03. The molecule has 1 aromatic rings. The monoisotopic (exact) mass is 293 g/mol. The molecule has 1 atom stereocenters. The number of nitriles is 1. The summed E-state index contributed by atoms with van der Waals surface area (Å²) in [4.78, 5) is 12.0. The lowest BCUT2D eigenvalue weighted by atomic mass is 9.94. The van der Waals surface area contributed by atoms with Gasteiger partial charge in [0.15, 0.2) is 0 Å². The Morgan fingerprint density at radius 1 is 1.50 bits per heavy atom. The molecule has 0 spiro atoms. The Morgan fingerprint density at radius 2 is 2.20 bits per heavy atom. The van der Waals surface area contributed by atoms with E-state index in [2.05, 4.69) is 19.2 Å². The third-order valence-electron chi connectivity index (χ3n) is 2.98. The molecule has 0 aliphatic rings. The Bertz CT molecular complexity index is 508. The second-order valence-electron chi connectivity index (χ2n) is 5.29. The van der Waals surface area contributed by atoms with Gasteiger partial charge in [0.2, 0.25) is 5.91 Å². The summed E-state index contributed by atoms with van der Waals surface area (Å²) in [6.45, 7) is 4.71. The number of hydrogen-bond acceptors (Lipinski definition) is 3. The summed E-state index contributed by atoms with van der Waals surface area (Å²) < 4.78 is 0. The Morgan fingerprint density at radius 3 is 2.70 bits per heavy atom. The number of rotatable bonds is 6. The lowest BCUT2D eigenvalue weighted by Gasteiger charge is -2.16. The van der Waals surface area contributed by atoms with Gasteiger partial charge in [0.25, 0.3) is 0 Å². The summed E-state index contributed by atoms with van der Waals surface area (Å²) in [5.74, 6) is 0.578. The summed E-state index contributed by atoms with van der Waals surface area (Å²) >= 11 is 6.02. The molecule has 0 bridgehead atoms. The molecule has 3 N–H and O–H groups in total. The minimum absolute atomic E-state index is 0.104. The van der Waals surface area contributed by atoms with Crippen LogP contribution in [0.4, 0.5) is 5.69 Å². The molecule has 0 saturated heterocycles. The minimum Gasteiger partial charge on any atom is -0.330 e. The van der Waals surface area contributed by atoms with Gasteiger partial charge in [-0.2, -0.15) is 5.26 Å². The van der Waals surface area contributed by atoms with E-state index in [4.69, 9.17) is 22.6 Å². The predicted molar refractivity (Wildman–Crippen MR) is 81.4 cm³/mol. The van der Waals surface area contributed by atoms with Gasteiger partial charge in [0, 0.05) is 6.42 Å². The zero-order chi connectivity index (χ0) is 15.1. The highest BCUT2D eigenvalue weighted by Crippen LogP contribution is 2.23. The molecule has 0 aliphatic carbocycles. The summed E-state index contributed by atoms with van der Waals surface area (Å²) in [5, 5.41) is 11.9. The molecule has 20 heavy (non-hydrogen) atoms. The molecular weight excluding hydrogens is 274 g/mol. The van der Waals surface area contributed by atoms with Gasteiger partial charge in [-0.05, 0) is 43.0 Å². The number of hydrogen-bond donors (Lipinski definition) is 2. The highest BCUT2D eigenvalue weighted by Gasteiger charge is 2.15. The molecule has 108 valence electrons. The van der Waals surface area contributed by atoms with Gasteiger partial charge in [0.05, 0.1) is 22.3 Å². The van der Waals surface area contributed by atoms with E-state index in [0.717, 1.165) is 6.42 Å². The van der Waals surface area contributed by atoms with Crippen molar-refractivity contribution in [3.05, 3.63) is 28.8 Å². The van der Waals surface area contributed by atoms with Gasteiger partial charge in [-0.1, -0.05) is 25.4 Å². The maximum atomic E-state index is 12.0. The average Bonchev–Trinajstić information content (AvgIpc) is 2.39. The molecular formula is C15H20ClN3O. The number of carbonyl (C=O) groups excluding carboxylic acids is 1. The molecule has 0 saturated carbocycles. The SMILES string of the molecule is CC(C)C[C@H](CN)CC(=O)Nc1ccc(C#N)cc1Cl. The van der Waals surface area contributed by atoms with Crippen LogP contribution in [0.25, 0.3) is 0 Å². The largest absolute Gasteiger partial charge is 0.330 e. The molecule has 1 rings (SSSR count). The Kier molecular flexibility index (Phi) is 6.50. The van der Waals surface area contributed by atoms with Crippen molar-refractivity contribution in [2.45, 2.75) is 26.7 Å². The van der Waals surface area contributed by atoms with E-state index in [0.29, 0.717) is 35.2 Å². The highest BCUT2D eigenvalue weighted by atomic mass is 35.5. The quantitative estimate of drug-likeness (QED) is 0.845. The van der Waals surface area contributed by atoms with Gasteiger partial charge >= 0.3 is 0 Å². The van der Waals surface area contributed by atoms with Gasteiger partial charge < -0.3 is 11.1 Å². The topological polar surface area (TPSA) is 78.9 Å². The molecule has 5 heteroatoms. The lowest BCUT2D eigenvalue weighted by Crippen LogP contribution is -2.23. The van der Waals surface area contributed by atoms with Crippen LogP contribution in [0, 0.1) is 23.2 Å². The Balaban J connectivity index is 2.64. The first-order valence-electron chi connectivity index (χ1n) is 6.65. The van der Waals surface area contributed by atoms with E-state index in [1.54, 1.807) is 12.1 Å². The number of anilines is 1. The van der Waals surface area contributed by atoms with E-state index in [-0.39, 0.29) is 11.8 Å². The van der Waals surface area contributed by atoms with E-state index >= 15 is 0 Å². The van der Waals surface area contributed by atoms with E-state index in [9.17, 15) is 4.79 Å². The van der Waals surface area contributed by atoms with Crippen molar-refractivity contribution in [2.24, 2.45) is 17.6 Å². The van der Waals surface area contributed by atoms with Gasteiger partial charge in [-0.25, -0.2) is 0 Å². The van der Waals surface area contributed by atoms with Crippen molar-refractivity contribution in [1.29, 1.82) is 5.26 Å². The number of nitrogens with one attached hydrogen (secondary N) is 1. The molecule has 0 fully saturated rings. The third-order valence-corrected chi connectivity index (χ3v) is 3.30. The Hall–Kier alpha value is -1.57. The number of amides is 1. The van der Waals surface area contributed by atoms with Crippen LogP contribution >= 0.6 is 11.6 Å². The molecule has 0 heterocycles. The van der Waals surface area contributed by atoms with Crippen molar-refractivity contribution in [2.75, 3.05) is 11.9 Å². The zero-order valence-electron chi connectivity index (χ0n) is 11.8. The summed E-state index contributed by atoms with van der Waals surface area (Å²) in [6.07, 6.45) is 1.30. The van der Waals surface area contributed by atoms with Crippen LogP contribution in [0.15, 0.2) is 18.2 Å². The maximum absolute atomic E-state index is 12.0. The van der Waals surface area contributed by atoms with Crippen molar-refractivity contribution in [3.63, 3.8) is 0 Å². The fourth-order valence-electron chi connectivity index (χ4n) is 2.08.